The Labute approximate surface area is 118 Å². The van der Waals surface area contributed by atoms with Gasteiger partial charge in [-0.1, -0.05) is 37.1 Å². The van der Waals surface area contributed by atoms with Crippen LogP contribution in [0.5, 0.6) is 5.75 Å². The average Bonchev–Trinajstić information content (AvgIpc) is 2.40. The van der Waals surface area contributed by atoms with Gasteiger partial charge in [-0.25, -0.2) is 4.79 Å². The maximum atomic E-state index is 11.8. The first kappa shape index (κ1) is 15.8. The summed E-state index contributed by atoms with van der Waals surface area (Å²) in [5.74, 6) is 0.102. The Morgan fingerprint density at radius 2 is 2.16 bits per heavy atom. The van der Waals surface area contributed by atoms with E-state index in [1.165, 1.54) is 0 Å². The molecule has 0 aliphatic heterocycles. The SMILES string of the molecule is CCCC(Oc1c(Cl)cccc1CN)C(=O)OCC. The fourth-order valence-corrected chi connectivity index (χ4v) is 1.95. The van der Waals surface area contributed by atoms with Crippen LogP contribution in [0.15, 0.2) is 18.2 Å². The molecule has 1 aromatic carbocycles. The molecule has 5 heteroatoms. The molecule has 1 rings (SSSR count). The Morgan fingerprint density at radius 3 is 2.74 bits per heavy atom. The quantitative estimate of drug-likeness (QED) is 0.783. The van der Waals surface area contributed by atoms with E-state index in [-0.39, 0.29) is 5.97 Å². The van der Waals surface area contributed by atoms with Gasteiger partial charge in [0.2, 0.25) is 0 Å². The minimum Gasteiger partial charge on any atom is -0.477 e. The number of benzene rings is 1. The van der Waals surface area contributed by atoms with Crippen LogP contribution in [-0.4, -0.2) is 18.7 Å². The van der Waals surface area contributed by atoms with Gasteiger partial charge in [-0.15, -0.1) is 0 Å². The first-order valence-corrected chi connectivity index (χ1v) is 6.82. The van der Waals surface area contributed by atoms with Gasteiger partial charge in [-0.3, -0.25) is 0 Å². The molecule has 0 aromatic heterocycles. The molecule has 1 atom stereocenters. The zero-order valence-corrected chi connectivity index (χ0v) is 12.1. The van der Waals surface area contributed by atoms with Crippen molar-refractivity contribution in [2.75, 3.05) is 6.61 Å². The summed E-state index contributed by atoms with van der Waals surface area (Å²) < 4.78 is 10.7. The van der Waals surface area contributed by atoms with Crippen LogP contribution >= 0.6 is 11.6 Å². The molecule has 0 aliphatic carbocycles. The van der Waals surface area contributed by atoms with Gasteiger partial charge in [0.1, 0.15) is 5.75 Å². The van der Waals surface area contributed by atoms with Gasteiger partial charge in [-0.2, -0.15) is 0 Å². The first-order chi connectivity index (χ1) is 9.13. The van der Waals surface area contributed by atoms with E-state index < -0.39 is 6.10 Å². The molecule has 0 bridgehead atoms. The van der Waals surface area contributed by atoms with Gasteiger partial charge in [-0.05, 0) is 19.4 Å². The number of para-hydroxylation sites is 1. The maximum absolute atomic E-state index is 11.8. The highest BCUT2D eigenvalue weighted by Gasteiger charge is 2.23. The van der Waals surface area contributed by atoms with E-state index in [1.54, 1.807) is 19.1 Å². The van der Waals surface area contributed by atoms with E-state index in [2.05, 4.69) is 0 Å². The van der Waals surface area contributed by atoms with E-state index >= 15 is 0 Å². The number of halogens is 1. The molecule has 0 fully saturated rings. The van der Waals surface area contributed by atoms with E-state index in [4.69, 9.17) is 26.8 Å². The fraction of sp³-hybridized carbons (Fsp3) is 0.500. The Hall–Kier alpha value is -1.26. The van der Waals surface area contributed by atoms with Crippen molar-refractivity contribution in [3.63, 3.8) is 0 Å². The molecule has 1 aromatic rings. The first-order valence-electron chi connectivity index (χ1n) is 6.44. The van der Waals surface area contributed by atoms with Crippen molar-refractivity contribution in [2.24, 2.45) is 5.73 Å². The van der Waals surface area contributed by atoms with Crippen LogP contribution in [-0.2, 0) is 16.1 Å². The number of nitrogens with two attached hydrogens (primary N) is 1. The number of carbonyl (C=O) groups is 1. The molecular formula is C14H20ClNO3. The molecule has 106 valence electrons. The maximum Gasteiger partial charge on any atom is 0.347 e. The average molecular weight is 286 g/mol. The molecule has 0 aliphatic rings. The summed E-state index contributed by atoms with van der Waals surface area (Å²) in [5.41, 5.74) is 6.42. The summed E-state index contributed by atoms with van der Waals surface area (Å²) in [6.07, 6.45) is 0.745. The van der Waals surface area contributed by atoms with Crippen LogP contribution in [0, 0.1) is 0 Å². The van der Waals surface area contributed by atoms with Crippen molar-refractivity contribution >= 4 is 17.6 Å². The van der Waals surface area contributed by atoms with Crippen molar-refractivity contribution in [3.05, 3.63) is 28.8 Å². The summed E-state index contributed by atoms with van der Waals surface area (Å²) in [6.45, 7) is 4.37. The van der Waals surface area contributed by atoms with E-state index in [9.17, 15) is 4.79 Å². The highest BCUT2D eigenvalue weighted by molar-refractivity contribution is 6.32. The molecule has 4 nitrogen and oxygen atoms in total. The van der Waals surface area contributed by atoms with Crippen molar-refractivity contribution < 1.29 is 14.3 Å². The van der Waals surface area contributed by atoms with E-state index in [0.717, 1.165) is 12.0 Å². The monoisotopic (exact) mass is 285 g/mol. The Balaban J connectivity index is 2.92. The minimum absolute atomic E-state index is 0.303. The lowest BCUT2D eigenvalue weighted by Crippen LogP contribution is -2.30. The molecule has 2 N–H and O–H groups in total. The van der Waals surface area contributed by atoms with E-state index in [0.29, 0.717) is 30.3 Å². The summed E-state index contributed by atoms with van der Waals surface area (Å²) >= 11 is 6.10. The summed E-state index contributed by atoms with van der Waals surface area (Å²) in [4.78, 5) is 11.8. The van der Waals surface area contributed by atoms with E-state index in [1.807, 2.05) is 13.0 Å². The number of hydrogen-bond acceptors (Lipinski definition) is 4. The van der Waals surface area contributed by atoms with Gasteiger partial charge in [0, 0.05) is 12.1 Å². The van der Waals surface area contributed by atoms with Crippen LogP contribution in [0.1, 0.15) is 32.3 Å². The molecule has 0 radical (unpaired) electrons. The molecule has 1 unspecified atom stereocenters. The number of hydrogen-bond donors (Lipinski definition) is 1. The summed E-state index contributed by atoms with van der Waals surface area (Å²) in [6, 6.07) is 5.34. The van der Waals surface area contributed by atoms with Gasteiger partial charge >= 0.3 is 5.97 Å². The molecule has 0 saturated heterocycles. The van der Waals surface area contributed by atoms with Gasteiger partial charge in [0.25, 0.3) is 0 Å². The second-order valence-corrected chi connectivity index (χ2v) is 4.49. The predicted molar refractivity (Wildman–Crippen MR) is 75.3 cm³/mol. The van der Waals surface area contributed by atoms with Crippen LogP contribution in [0.25, 0.3) is 0 Å². The molecule has 0 heterocycles. The highest BCUT2D eigenvalue weighted by Crippen LogP contribution is 2.30. The summed E-state index contributed by atoms with van der Waals surface area (Å²) in [7, 11) is 0. The lowest BCUT2D eigenvalue weighted by Gasteiger charge is -2.19. The minimum atomic E-state index is -0.643. The van der Waals surface area contributed by atoms with Crippen LogP contribution < -0.4 is 10.5 Å². The van der Waals surface area contributed by atoms with Crippen molar-refractivity contribution in [2.45, 2.75) is 39.3 Å². The third-order valence-electron chi connectivity index (χ3n) is 2.63. The van der Waals surface area contributed by atoms with Crippen LogP contribution in [0.4, 0.5) is 0 Å². The zero-order valence-electron chi connectivity index (χ0n) is 11.3. The summed E-state index contributed by atoms with van der Waals surface area (Å²) in [5, 5.41) is 0.452. The second-order valence-electron chi connectivity index (χ2n) is 4.08. The topological polar surface area (TPSA) is 61.5 Å². The molecule has 0 amide bonds. The zero-order chi connectivity index (χ0) is 14.3. The molecule has 19 heavy (non-hydrogen) atoms. The largest absolute Gasteiger partial charge is 0.477 e. The molecular weight excluding hydrogens is 266 g/mol. The van der Waals surface area contributed by atoms with Crippen molar-refractivity contribution in [3.8, 4) is 5.75 Å². The fourth-order valence-electron chi connectivity index (χ4n) is 1.71. The third-order valence-corrected chi connectivity index (χ3v) is 2.93. The van der Waals surface area contributed by atoms with Gasteiger partial charge in [0.15, 0.2) is 6.10 Å². The molecule has 0 spiro atoms. The van der Waals surface area contributed by atoms with Crippen LogP contribution in [0.3, 0.4) is 0 Å². The standard InChI is InChI=1S/C14H20ClNO3/c1-3-6-12(14(17)18-4-2)19-13-10(9-16)7-5-8-11(13)15/h5,7-8,12H,3-4,6,9,16H2,1-2H3. The second kappa shape index (κ2) is 8.02. The Morgan fingerprint density at radius 1 is 1.42 bits per heavy atom. The normalized spacial score (nSPS) is 12.0. The van der Waals surface area contributed by atoms with Gasteiger partial charge < -0.3 is 15.2 Å². The highest BCUT2D eigenvalue weighted by atomic mass is 35.5. The lowest BCUT2D eigenvalue weighted by molar-refractivity contribution is -0.151. The Bertz CT molecular complexity index is 423. The van der Waals surface area contributed by atoms with Crippen LogP contribution in [0.2, 0.25) is 5.02 Å². The van der Waals surface area contributed by atoms with Gasteiger partial charge in [0.05, 0.1) is 11.6 Å². The van der Waals surface area contributed by atoms with Crippen molar-refractivity contribution in [1.82, 2.24) is 0 Å². The Kier molecular flexibility index (Phi) is 6.67. The molecule has 0 saturated carbocycles. The van der Waals surface area contributed by atoms with Crippen molar-refractivity contribution in [1.29, 1.82) is 0 Å². The lowest BCUT2D eigenvalue weighted by atomic mass is 10.1. The predicted octanol–water partition coefficient (Wildman–Crippen LogP) is 2.91. The number of rotatable bonds is 7. The number of ether oxygens (including phenoxy) is 2. The number of esters is 1. The smallest absolute Gasteiger partial charge is 0.347 e. The number of carbonyl (C=O) groups excluding carboxylic acids is 1. The third kappa shape index (κ3) is 4.40.